The van der Waals surface area contributed by atoms with Crippen LogP contribution in [0.1, 0.15) is 39.3 Å². The van der Waals surface area contributed by atoms with E-state index < -0.39 is 46.8 Å². The Kier molecular flexibility index (Phi) is 7.71. The van der Waals surface area contributed by atoms with Crippen LogP contribution in [0.5, 0.6) is 5.88 Å². The molecule has 0 bridgehead atoms. The van der Waals surface area contributed by atoms with E-state index in [1.165, 1.54) is 48.5 Å². The third kappa shape index (κ3) is 5.57. The van der Waals surface area contributed by atoms with Crippen molar-refractivity contribution in [3.63, 3.8) is 0 Å². The monoisotopic (exact) mass is 602 g/mol. The molecule has 5 aromatic rings. The van der Waals surface area contributed by atoms with Crippen molar-refractivity contribution < 1.29 is 36.9 Å². The van der Waals surface area contributed by atoms with E-state index in [1.807, 2.05) is 6.07 Å². The quantitative estimate of drug-likeness (QED) is 0.158. The summed E-state index contributed by atoms with van der Waals surface area (Å²) in [5.41, 5.74) is 0.0812. The van der Waals surface area contributed by atoms with Crippen molar-refractivity contribution in [2.45, 2.75) is 32.1 Å². The number of hydrogen-bond donors (Lipinski definition) is 1. The van der Waals surface area contributed by atoms with Crippen LogP contribution in [0, 0.1) is 34.6 Å². The summed E-state index contributed by atoms with van der Waals surface area (Å²) in [6.07, 6.45) is 0.162. The van der Waals surface area contributed by atoms with Crippen molar-refractivity contribution in [1.82, 2.24) is 14.5 Å². The van der Waals surface area contributed by atoms with Gasteiger partial charge in [0.15, 0.2) is 11.6 Å². The van der Waals surface area contributed by atoms with Crippen molar-refractivity contribution >= 4 is 17.0 Å². The second kappa shape index (κ2) is 11.8. The number of nitriles is 1. The molecular formula is C32H22F4N4O4. The number of nitrogens with zero attached hydrogens (tertiary/aromatic N) is 4. The first-order chi connectivity index (χ1) is 21.2. The minimum absolute atomic E-state index is 0.0215. The molecule has 0 spiro atoms. The van der Waals surface area contributed by atoms with Crippen LogP contribution in [0.15, 0.2) is 60.7 Å². The van der Waals surface area contributed by atoms with Gasteiger partial charge in [-0.15, -0.1) is 0 Å². The number of aromatic carboxylic acids is 1. The second-order valence-corrected chi connectivity index (χ2v) is 10.2. The molecule has 3 aromatic carbocycles. The summed E-state index contributed by atoms with van der Waals surface area (Å²) in [7, 11) is 0. The molecule has 1 aliphatic heterocycles. The molecule has 0 radical (unpaired) electrons. The highest BCUT2D eigenvalue weighted by molar-refractivity contribution is 5.92. The summed E-state index contributed by atoms with van der Waals surface area (Å²) in [5, 5.41) is 18.3. The van der Waals surface area contributed by atoms with Gasteiger partial charge in [-0.05, 0) is 48.9 Å². The fraction of sp³-hybridized carbons (Fsp3) is 0.188. The number of halogens is 4. The summed E-state index contributed by atoms with van der Waals surface area (Å²) < 4.78 is 73.3. The van der Waals surface area contributed by atoms with Gasteiger partial charge >= 0.3 is 5.97 Å². The van der Waals surface area contributed by atoms with Crippen molar-refractivity contribution in [1.29, 1.82) is 5.26 Å². The average molecular weight is 603 g/mol. The summed E-state index contributed by atoms with van der Waals surface area (Å²) in [6, 6.07) is 15.1. The number of carboxylic acids is 1. The van der Waals surface area contributed by atoms with Gasteiger partial charge < -0.3 is 19.1 Å². The number of hydrogen-bond acceptors (Lipinski definition) is 6. The molecule has 0 aliphatic carbocycles. The first-order valence-electron chi connectivity index (χ1n) is 13.5. The van der Waals surface area contributed by atoms with Crippen LogP contribution in [0.4, 0.5) is 17.6 Å². The molecule has 8 nitrogen and oxygen atoms in total. The number of aromatic nitrogens is 3. The maximum atomic E-state index is 15.5. The van der Waals surface area contributed by atoms with Crippen LogP contribution in [0.3, 0.4) is 0 Å². The Bertz CT molecular complexity index is 1970. The molecule has 3 heterocycles. The Morgan fingerprint density at radius 3 is 2.57 bits per heavy atom. The molecule has 6 rings (SSSR count). The van der Waals surface area contributed by atoms with E-state index in [0.29, 0.717) is 17.6 Å². The van der Waals surface area contributed by atoms with Crippen LogP contribution in [-0.2, 0) is 24.3 Å². The lowest BCUT2D eigenvalue weighted by atomic mass is 10.0. The highest BCUT2D eigenvalue weighted by atomic mass is 19.2. The fourth-order valence-corrected chi connectivity index (χ4v) is 4.95. The first-order valence-corrected chi connectivity index (χ1v) is 13.5. The van der Waals surface area contributed by atoms with E-state index in [4.69, 9.17) is 14.7 Å². The van der Waals surface area contributed by atoms with E-state index in [1.54, 1.807) is 4.57 Å². The third-order valence-electron chi connectivity index (χ3n) is 7.40. The number of imidazole rings is 1. The highest BCUT2D eigenvalue weighted by Crippen LogP contribution is 2.31. The number of pyridine rings is 1. The Balaban J connectivity index is 1.29. The summed E-state index contributed by atoms with van der Waals surface area (Å²) >= 11 is 0. The normalized spacial score (nSPS) is 14.3. The topological polar surface area (TPSA) is 110 Å². The van der Waals surface area contributed by atoms with Gasteiger partial charge in [0.2, 0.25) is 5.88 Å². The maximum Gasteiger partial charge on any atom is 0.335 e. The molecular weight excluding hydrogens is 580 g/mol. The zero-order chi connectivity index (χ0) is 31.0. The average Bonchev–Trinajstić information content (AvgIpc) is 3.34. The molecule has 0 unspecified atom stereocenters. The van der Waals surface area contributed by atoms with Crippen LogP contribution in [0.25, 0.3) is 22.3 Å². The lowest BCUT2D eigenvalue weighted by Gasteiger charge is -2.27. The Labute approximate surface area is 247 Å². The smallest absolute Gasteiger partial charge is 0.335 e. The number of carboxylic acid groups (broad SMARTS) is 1. The number of carbonyl (C=O) groups is 1. The Morgan fingerprint density at radius 1 is 1.05 bits per heavy atom. The SMILES string of the molecule is N#Cc1ccc(COc2cccc(-c3cc(F)c(Cc4nc5ccc(C(=O)O)cc5n4C[C@@H]4CCO4)c(F)c3F)n2)c(F)c1. The zero-order valence-corrected chi connectivity index (χ0v) is 22.9. The maximum absolute atomic E-state index is 15.5. The Morgan fingerprint density at radius 2 is 1.86 bits per heavy atom. The molecule has 0 saturated carbocycles. The van der Waals surface area contributed by atoms with Gasteiger partial charge in [0.1, 0.15) is 24.1 Å². The molecule has 44 heavy (non-hydrogen) atoms. The Hall–Kier alpha value is -5.28. The van der Waals surface area contributed by atoms with Gasteiger partial charge in [-0.2, -0.15) is 5.26 Å². The molecule has 1 fully saturated rings. The number of ether oxygens (including phenoxy) is 2. The van der Waals surface area contributed by atoms with Gasteiger partial charge in [0, 0.05) is 35.8 Å². The summed E-state index contributed by atoms with van der Waals surface area (Å²) in [6.45, 7) is 0.594. The molecule has 0 amide bonds. The molecule has 1 atom stereocenters. The van der Waals surface area contributed by atoms with Crippen LogP contribution in [0.2, 0.25) is 0 Å². The number of fused-ring (bicyclic) bond motifs is 1. The zero-order valence-electron chi connectivity index (χ0n) is 22.9. The van der Waals surface area contributed by atoms with Crippen molar-refractivity contribution in [3.05, 3.63) is 112 Å². The van der Waals surface area contributed by atoms with E-state index in [0.717, 1.165) is 18.6 Å². The van der Waals surface area contributed by atoms with E-state index in [9.17, 15) is 14.3 Å². The molecule has 1 N–H and O–H groups in total. The number of rotatable bonds is 9. The molecule has 1 saturated heterocycles. The number of benzene rings is 3. The first kappa shape index (κ1) is 28.8. The predicted molar refractivity (Wildman–Crippen MR) is 149 cm³/mol. The molecule has 1 aliphatic rings. The minimum Gasteiger partial charge on any atom is -0.478 e. The van der Waals surface area contributed by atoms with E-state index in [2.05, 4.69) is 9.97 Å². The van der Waals surface area contributed by atoms with Crippen LogP contribution >= 0.6 is 0 Å². The lowest BCUT2D eigenvalue weighted by Crippen LogP contribution is -2.31. The van der Waals surface area contributed by atoms with Gasteiger partial charge in [0.05, 0.1) is 46.6 Å². The minimum atomic E-state index is -1.42. The van der Waals surface area contributed by atoms with Crippen LogP contribution in [-0.4, -0.2) is 38.3 Å². The van der Waals surface area contributed by atoms with E-state index >= 15 is 13.2 Å². The van der Waals surface area contributed by atoms with Crippen molar-refractivity contribution in [2.24, 2.45) is 0 Å². The largest absolute Gasteiger partial charge is 0.478 e. The second-order valence-electron chi connectivity index (χ2n) is 10.2. The van der Waals surface area contributed by atoms with Gasteiger partial charge in [-0.1, -0.05) is 12.1 Å². The van der Waals surface area contributed by atoms with Gasteiger partial charge in [0.25, 0.3) is 0 Å². The molecule has 12 heteroatoms. The molecule has 2 aromatic heterocycles. The highest BCUT2D eigenvalue weighted by Gasteiger charge is 2.26. The van der Waals surface area contributed by atoms with E-state index in [-0.39, 0.29) is 53.3 Å². The standard InChI is InChI=1S/C32H22F4N4O4/c33-23-10-17(14-37)4-5-19(23)16-44-29-3-1-2-25(39-29)22-12-24(34)21(30(35)31(22)36)13-28-38-26-7-6-18(32(41)42)11-27(26)40(28)15-20-8-9-43-20/h1-7,10-12,20H,8-9,13,15-16H2,(H,41,42)/t20-/m0/s1. The summed E-state index contributed by atoms with van der Waals surface area (Å²) in [4.78, 5) is 20.2. The predicted octanol–water partition coefficient (Wildman–Crippen LogP) is 6.18. The van der Waals surface area contributed by atoms with Crippen LogP contribution < -0.4 is 4.74 Å². The van der Waals surface area contributed by atoms with Gasteiger partial charge in [-0.25, -0.2) is 32.3 Å². The van der Waals surface area contributed by atoms with Gasteiger partial charge in [-0.3, -0.25) is 0 Å². The fourth-order valence-electron chi connectivity index (χ4n) is 4.95. The van der Waals surface area contributed by atoms with Crippen molar-refractivity contribution in [3.8, 4) is 23.2 Å². The van der Waals surface area contributed by atoms with Crippen molar-refractivity contribution in [2.75, 3.05) is 6.61 Å². The third-order valence-corrected chi connectivity index (χ3v) is 7.40. The molecule has 222 valence electrons. The summed E-state index contributed by atoms with van der Waals surface area (Å²) in [5.74, 6) is -5.40. The lowest BCUT2D eigenvalue weighted by molar-refractivity contribution is -0.0589.